The number of hydrogen-bond donors (Lipinski definition) is 4. The molecule has 0 radical (unpaired) electrons. The van der Waals surface area contributed by atoms with Crippen LogP contribution in [0.5, 0.6) is 34.5 Å². The number of para-hydroxylation sites is 2. The minimum atomic E-state index is -0.525. The zero-order chi connectivity index (χ0) is 50.0. The van der Waals surface area contributed by atoms with Crippen molar-refractivity contribution in [3.63, 3.8) is 0 Å². The number of hydrogen-bond acceptors (Lipinski definition) is 14. The molecular formula is C54H60N10O8. The van der Waals surface area contributed by atoms with Gasteiger partial charge in [-0.3, -0.25) is 9.59 Å². The van der Waals surface area contributed by atoms with Crippen molar-refractivity contribution in [3.8, 4) is 46.3 Å². The fraction of sp³-hybridized carbons (Fsp3) is 0.333. The minimum Gasteiger partial charge on any atom is -0.485 e. The van der Waals surface area contributed by atoms with E-state index in [4.69, 9.17) is 28.4 Å². The Kier molecular flexibility index (Phi) is 20.2. The Hall–Kier alpha value is -8.46. The fourth-order valence-corrected chi connectivity index (χ4v) is 7.23. The number of tetrazole rings is 2. The summed E-state index contributed by atoms with van der Waals surface area (Å²) in [6.45, 7) is 5.27. The van der Waals surface area contributed by atoms with Crippen LogP contribution in [0.15, 0.2) is 109 Å². The van der Waals surface area contributed by atoms with Crippen molar-refractivity contribution >= 4 is 35.3 Å². The average molecular weight is 977 g/mol. The number of rotatable bonds is 22. The molecule has 2 aliphatic heterocycles. The summed E-state index contributed by atoms with van der Waals surface area (Å²) in [5, 5.41) is 33.4. The van der Waals surface area contributed by atoms with Crippen LogP contribution in [0.3, 0.4) is 0 Å². The van der Waals surface area contributed by atoms with E-state index in [-0.39, 0.29) is 25.0 Å². The number of carbonyl (C=O) groups excluding carboxylic acids is 2. The highest BCUT2D eigenvalue weighted by Crippen LogP contribution is 2.42. The number of fused-ring (bicyclic) bond motifs is 2. The Morgan fingerprint density at radius 2 is 1.18 bits per heavy atom. The number of carbonyl (C=O) groups is 2. The number of nitrogens with one attached hydrogen (secondary N) is 4. The molecule has 2 aliphatic rings. The van der Waals surface area contributed by atoms with Gasteiger partial charge in [-0.05, 0) is 97.1 Å². The van der Waals surface area contributed by atoms with Gasteiger partial charge in [-0.15, -0.1) is 20.4 Å². The highest BCUT2D eigenvalue weighted by molar-refractivity contribution is 6.03. The van der Waals surface area contributed by atoms with Crippen molar-refractivity contribution in [2.45, 2.75) is 96.7 Å². The molecule has 18 nitrogen and oxygen atoms in total. The topological polar surface area (TPSA) is 222 Å². The maximum absolute atomic E-state index is 12.6. The lowest BCUT2D eigenvalue weighted by atomic mass is 10.1. The van der Waals surface area contributed by atoms with E-state index in [0.717, 1.165) is 41.9 Å². The summed E-state index contributed by atoms with van der Waals surface area (Å²) >= 11 is 0. The Morgan fingerprint density at radius 1 is 0.653 bits per heavy atom. The number of allylic oxidation sites excluding steroid dienone is 1. The van der Waals surface area contributed by atoms with E-state index in [2.05, 4.69) is 83.6 Å². The quantitative estimate of drug-likeness (QED) is 0.0215. The number of amides is 2. The summed E-state index contributed by atoms with van der Waals surface area (Å²) in [7, 11) is 0. The number of unbranched alkanes of at least 4 members (excludes halogenated alkanes) is 9. The zero-order valence-electron chi connectivity index (χ0n) is 40.6. The van der Waals surface area contributed by atoms with E-state index in [9.17, 15) is 9.59 Å². The standard InChI is InChI=1S/C28H33N5O4.C26H27N5O4/c1-2-3-4-5-6-7-8-9-19-35-22-16-13-21(14-17-22)15-18-26(34)29-23-11-10-12-24-27(23)37-25(20-36-24)28-30-32-33-31-28;1-2-3-4-5-6-7-17-33-20-14-11-19(12-15-20)13-16-24(32)27-21-9-8-10-22-25(21)35-23(18-34-22)26-28-30-31-29-26/h9-19,25H,2-8,20H2,1H3,(H,29,34)(H,30,31,32,33);8-16,23H,2-5,17-18H2,1H3,(H,27,32)(H,28,29,30,31). The number of H-pyrrole nitrogens is 2. The second-order valence-corrected chi connectivity index (χ2v) is 16.6. The Balaban J connectivity index is 0.000000212. The first-order valence-corrected chi connectivity index (χ1v) is 24.4. The van der Waals surface area contributed by atoms with Gasteiger partial charge >= 0.3 is 0 Å². The van der Waals surface area contributed by atoms with Crippen LogP contribution >= 0.6 is 0 Å². The summed E-state index contributed by atoms with van der Waals surface area (Å²) in [6, 6.07) is 25.6. The number of aromatic amines is 2. The predicted molar refractivity (Wildman–Crippen MR) is 272 cm³/mol. The van der Waals surface area contributed by atoms with Crippen molar-refractivity contribution in [2.24, 2.45) is 0 Å². The first-order chi connectivity index (χ1) is 35.4. The van der Waals surface area contributed by atoms with E-state index in [0.29, 0.717) is 52.6 Å². The smallest absolute Gasteiger partial charge is 0.248 e. The Morgan fingerprint density at radius 3 is 1.72 bits per heavy atom. The van der Waals surface area contributed by atoms with Gasteiger partial charge in [0, 0.05) is 18.6 Å². The second kappa shape index (κ2) is 28.3. The number of benzene rings is 4. The molecule has 0 aliphatic carbocycles. The predicted octanol–water partition coefficient (Wildman–Crippen LogP) is 10.3. The SMILES string of the molecule is CCCCCC#CCOc1ccc(C=CC(=O)Nc2cccc3c2OC(c2nn[nH]n2)CO3)cc1.CCCCCCCCC=COc1ccc(C=CC(=O)Nc2cccc3c2OC(c2nn[nH]n2)CO3)cc1. The van der Waals surface area contributed by atoms with Gasteiger partial charge in [0.1, 0.15) is 31.3 Å². The summed E-state index contributed by atoms with van der Waals surface area (Å²) in [6.07, 6.45) is 22.4. The van der Waals surface area contributed by atoms with Crippen molar-refractivity contribution in [1.82, 2.24) is 41.2 Å². The normalized spacial score (nSPS) is 14.5. The van der Waals surface area contributed by atoms with Gasteiger partial charge in [-0.1, -0.05) is 117 Å². The summed E-state index contributed by atoms with van der Waals surface area (Å²) in [5.74, 6) is 9.73. The molecule has 0 fully saturated rings. The third kappa shape index (κ3) is 16.3. The minimum absolute atomic E-state index is 0.245. The van der Waals surface area contributed by atoms with Crippen molar-refractivity contribution in [1.29, 1.82) is 0 Å². The van der Waals surface area contributed by atoms with Crippen molar-refractivity contribution < 1.29 is 38.0 Å². The number of aromatic nitrogens is 8. The highest BCUT2D eigenvalue weighted by Gasteiger charge is 2.29. The number of ether oxygens (including phenoxy) is 6. The molecule has 0 saturated carbocycles. The summed E-state index contributed by atoms with van der Waals surface area (Å²) in [4.78, 5) is 25.1. The molecule has 2 unspecified atom stereocenters. The highest BCUT2D eigenvalue weighted by atomic mass is 16.6. The van der Waals surface area contributed by atoms with Crippen LogP contribution in [0.4, 0.5) is 11.4 Å². The molecule has 8 rings (SSSR count). The van der Waals surface area contributed by atoms with Crippen LogP contribution in [0.1, 0.15) is 119 Å². The largest absolute Gasteiger partial charge is 0.485 e. The molecule has 0 spiro atoms. The number of nitrogens with zero attached hydrogens (tertiary/aromatic N) is 6. The number of anilines is 2. The van der Waals surface area contributed by atoms with E-state index >= 15 is 0 Å². The summed E-state index contributed by atoms with van der Waals surface area (Å²) in [5.41, 5.74) is 2.73. The van der Waals surface area contributed by atoms with Gasteiger partial charge in [0.25, 0.3) is 0 Å². The van der Waals surface area contributed by atoms with Gasteiger partial charge in [0.05, 0.1) is 17.6 Å². The first kappa shape index (κ1) is 51.4. The molecule has 4 heterocycles. The maximum Gasteiger partial charge on any atom is 0.248 e. The van der Waals surface area contributed by atoms with Crippen molar-refractivity contribution in [3.05, 3.63) is 132 Å². The van der Waals surface area contributed by atoms with E-state index in [1.54, 1.807) is 54.8 Å². The Labute approximate surface area is 419 Å². The molecule has 72 heavy (non-hydrogen) atoms. The van der Waals surface area contributed by atoms with Gasteiger partial charge in [-0.25, -0.2) is 0 Å². The lowest BCUT2D eigenvalue weighted by molar-refractivity contribution is -0.112. The molecule has 2 atom stereocenters. The van der Waals surface area contributed by atoms with Crippen LogP contribution < -0.4 is 39.1 Å². The van der Waals surface area contributed by atoms with Gasteiger partial charge in [-0.2, -0.15) is 10.4 Å². The average Bonchev–Trinajstić information content (AvgIpc) is 4.17. The molecule has 4 aromatic carbocycles. The maximum atomic E-state index is 12.6. The molecule has 0 saturated heterocycles. The summed E-state index contributed by atoms with van der Waals surface area (Å²) < 4.78 is 34.8. The molecular weight excluding hydrogens is 917 g/mol. The lowest BCUT2D eigenvalue weighted by Crippen LogP contribution is -2.24. The molecule has 4 N–H and O–H groups in total. The zero-order valence-corrected chi connectivity index (χ0v) is 40.6. The molecule has 0 bridgehead atoms. The Bertz CT molecular complexity index is 2750. The molecule has 2 amide bonds. The monoisotopic (exact) mass is 976 g/mol. The molecule has 18 heteroatoms. The van der Waals surface area contributed by atoms with Crippen LogP contribution in [0.2, 0.25) is 0 Å². The molecule has 374 valence electrons. The van der Waals surface area contributed by atoms with Crippen LogP contribution in [-0.4, -0.2) is 72.9 Å². The lowest BCUT2D eigenvalue weighted by Gasteiger charge is -2.26. The van der Waals surface area contributed by atoms with E-state index in [1.807, 2.05) is 48.5 Å². The third-order valence-corrected chi connectivity index (χ3v) is 11.1. The van der Waals surface area contributed by atoms with Crippen LogP contribution in [-0.2, 0) is 9.59 Å². The first-order valence-electron chi connectivity index (χ1n) is 24.4. The fourth-order valence-electron chi connectivity index (χ4n) is 7.23. The van der Waals surface area contributed by atoms with Gasteiger partial charge < -0.3 is 39.1 Å². The van der Waals surface area contributed by atoms with Gasteiger partial charge in [0.15, 0.2) is 35.2 Å². The van der Waals surface area contributed by atoms with Gasteiger partial charge in [0.2, 0.25) is 23.5 Å². The van der Waals surface area contributed by atoms with Crippen LogP contribution in [0, 0.1) is 11.8 Å². The van der Waals surface area contributed by atoms with E-state index in [1.165, 1.54) is 63.5 Å². The van der Waals surface area contributed by atoms with Crippen LogP contribution in [0.25, 0.3) is 12.2 Å². The third-order valence-electron chi connectivity index (χ3n) is 11.1. The second-order valence-electron chi connectivity index (χ2n) is 16.6. The van der Waals surface area contributed by atoms with Crippen molar-refractivity contribution in [2.75, 3.05) is 30.5 Å². The molecule has 6 aromatic rings. The molecule has 2 aromatic heterocycles. The van der Waals surface area contributed by atoms with E-state index < -0.39 is 12.2 Å².